The molecule has 40 heavy (non-hydrogen) atoms. The molecule has 0 radical (unpaired) electrons. The molecule has 4 heterocycles. The summed E-state index contributed by atoms with van der Waals surface area (Å²) < 4.78 is 23.6. The van der Waals surface area contributed by atoms with E-state index in [1.807, 2.05) is 55.2 Å². The van der Waals surface area contributed by atoms with Crippen molar-refractivity contribution >= 4 is 50.4 Å². The Labute approximate surface area is 233 Å². The average Bonchev–Trinajstić information content (AvgIpc) is 3.57. The van der Waals surface area contributed by atoms with Gasteiger partial charge < -0.3 is 24.4 Å². The van der Waals surface area contributed by atoms with Crippen molar-refractivity contribution in [2.45, 2.75) is 6.42 Å². The number of hydrogen-bond acceptors (Lipinski definition) is 7. The molecule has 0 fully saturated rings. The van der Waals surface area contributed by atoms with Gasteiger partial charge in [0.05, 0.1) is 38.5 Å². The van der Waals surface area contributed by atoms with Crippen molar-refractivity contribution in [2.75, 3.05) is 35.3 Å². The number of amides is 2. The molecule has 0 bridgehead atoms. The van der Waals surface area contributed by atoms with Crippen LogP contribution in [0, 0.1) is 5.82 Å². The van der Waals surface area contributed by atoms with Crippen molar-refractivity contribution in [3.63, 3.8) is 0 Å². The van der Waals surface area contributed by atoms with Gasteiger partial charge in [0.1, 0.15) is 12.2 Å². The van der Waals surface area contributed by atoms with E-state index >= 15 is 4.39 Å². The van der Waals surface area contributed by atoms with E-state index in [0.29, 0.717) is 18.8 Å². The maximum absolute atomic E-state index is 15.0. The molecular weight excluding hydrogens is 531 g/mol. The quantitative estimate of drug-likeness (QED) is 0.280. The minimum absolute atomic E-state index is 0.00315. The predicted octanol–water partition coefficient (Wildman–Crippen LogP) is 5.44. The zero-order valence-corrected chi connectivity index (χ0v) is 22.6. The number of likely N-dealkylation sites (N-methyl/N-ethyl adjacent to an activating group) is 1. The summed E-state index contributed by atoms with van der Waals surface area (Å²) in [5.41, 5.74) is 3.47. The lowest BCUT2D eigenvalue weighted by molar-refractivity contribution is -0.125. The second-order valence-electron chi connectivity index (χ2n) is 9.49. The van der Waals surface area contributed by atoms with E-state index in [-0.39, 0.29) is 23.8 Å². The number of aryl methyl sites for hydroxylation is 1. The van der Waals surface area contributed by atoms with E-state index in [9.17, 15) is 9.59 Å². The second-order valence-corrected chi connectivity index (χ2v) is 10.5. The van der Waals surface area contributed by atoms with Gasteiger partial charge in [-0.25, -0.2) is 9.37 Å². The Bertz CT molecular complexity index is 1750. The first-order valence-corrected chi connectivity index (χ1v) is 13.4. The molecule has 5 aromatic rings. The van der Waals surface area contributed by atoms with Crippen LogP contribution in [-0.4, -0.2) is 46.5 Å². The smallest absolute Gasteiger partial charge is 0.236 e. The van der Waals surface area contributed by atoms with Crippen LogP contribution >= 0.6 is 11.3 Å². The molecule has 9 nitrogen and oxygen atoms in total. The van der Waals surface area contributed by atoms with Crippen LogP contribution in [0.3, 0.4) is 0 Å². The number of imidazole rings is 1. The molecule has 3 aromatic heterocycles. The molecule has 1 aliphatic rings. The number of aromatic nitrogens is 3. The van der Waals surface area contributed by atoms with Crippen LogP contribution in [-0.2, 0) is 16.6 Å². The number of hydrogen-bond donors (Lipinski definition) is 1. The number of pyridine rings is 1. The van der Waals surface area contributed by atoms with Crippen LogP contribution < -0.4 is 19.9 Å². The summed E-state index contributed by atoms with van der Waals surface area (Å²) in [7, 11) is 3.86. The second kappa shape index (κ2) is 10.4. The fraction of sp³-hybridized carbons (Fsp3) is 0.172. The van der Waals surface area contributed by atoms with Crippen LogP contribution in [0.2, 0.25) is 0 Å². The Morgan fingerprint density at radius 2 is 1.85 bits per heavy atom. The number of fused-ring (bicyclic) bond motifs is 2. The maximum atomic E-state index is 15.0. The van der Waals surface area contributed by atoms with Crippen LogP contribution in [0.15, 0.2) is 73.3 Å². The number of thiophene rings is 1. The van der Waals surface area contributed by atoms with Crippen LogP contribution in [0.25, 0.3) is 20.8 Å². The third-order valence-electron chi connectivity index (χ3n) is 6.62. The Morgan fingerprint density at radius 3 is 2.62 bits per heavy atom. The molecule has 0 saturated carbocycles. The number of carbonyl (C=O) groups is 2. The molecule has 6 rings (SSSR count). The highest BCUT2D eigenvalue weighted by Crippen LogP contribution is 2.39. The number of halogens is 1. The highest BCUT2D eigenvalue weighted by Gasteiger charge is 2.26. The van der Waals surface area contributed by atoms with Gasteiger partial charge in [-0.05, 0) is 30.3 Å². The van der Waals surface area contributed by atoms with Crippen molar-refractivity contribution in [1.29, 1.82) is 0 Å². The van der Waals surface area contributed by atoms with Gasteiger partial charge in [0, 0.05) is 57.4 Å². The number of rotatable bonds is 6. The fourth-order valence-corrected chi connectivity index (χ4v) is 5.67. The van der Waals surface area contributed by atoms with E-state index in [1.165, 1.54) is 29.5 Å². The Balaban J connectivity index is 1.14. The lowest BCUT2D eigenvalue weighted by atomic mass is 10.1. The molecule has 2 amide bonds. The molecule has 0 atom stereocenters. The van der Waals surface area contributed by atoms with Gasteiger partial charge >= 0.3 is 0 Å². The standard InChI is InChI=1S/C29H25FN6O3S/c1-34-16-21(32-17-34)26-14-20-29(40-26)25(9-10-31-20)39-24-8-7-18(13-19(24)30)33-27(37)15-28(38)36-12-11-35(2)22-5-3-4-6-23(22)36/h3-10,13-14,16-17H,11-12,15H2,1-2H3,(H,33,37). The van der Waals surface area contributed by atoms with E-state index in [4.69, 9.17) is 4.74 Å². The topological polar surface area (TPSA) is 92.6 Å². The fourth-order valence-electron chi connectivity index (χ4n) is 4.64. The van der Waals surface area contributed by atoms with Gasteiger partial charge in [-0.1, -0.05) is 12.1 Å². The molecule has 0 aliphatic carbocycles. The third kappa shape index (κ3) is 4.98. The highest BCUT2D eigenvalue weighted by atomic mass is 32.1. The average molecular weight is 557 g/mol. The summed E-state index contributed by atoms with van der Waals surface area (Å²) in [4.78, 5) is 39.0. The van der Waals surface area contributed by atoms with Crippen molar-refractivity contribution < 1.29 is 18.7 Å². The Kier molecular flexibility index (Phi) is 6.64. The molecule has 2 aromatic carbocycles. The first-order valence-electron chi connectivity index (χ1n) is 12.6. The van der Waals surface area contributed by atoms with Gasteiger partial charge in [-0.15, -0.1) is 11.3 Å². The minimum atomic E-state index is -0.649. The number of benzene rings is 2. The van der Waals surface area contributed by atoms with Crippen LogP contribution in [0.1, 0.15) is 6.42 Å². The maximum Gasteiger partial charge on any atom is 0.236 e. The van der Waals surface area contributed by atoms with Crippen molar-refractivity contribution in [3.05, 3.63) is 79.1 Å². The molecule has 1 N–H and O–H groups in total. The molecular formula is C29H25FN6O3S. The van der Waals surface area contributed by atoms with Crippen molar-refractivity contribution in [2.24, 2.45) is 7.05 Å². The normalized spacial score (nSPS) is 12.9. The lowest BCUT2D eigenvalue weighted by Crippen LogP contribution is -2.43. The van der Waals surface area contributed by atoms with Gasteiger partial charge in [-0.2, -0.15) is 0 Å². The molecule has 1 aliphatic heterocycles. The van der Waals surface area contributed by atoms with E-state index in [1.54, 1.807) is 23.5 Å². The van der Waals surface area contributed by atoms with Gasteiger partial charge in [-0.3, -0.25) is 14.6 Å². The summed E-state index contributed by atoms with van der Waals surface area (Å²) in [6, 6.07) is 15.3. The van der Waals surface area contributed by atoms with Gasteiger partial charge in [0.2, 0.25) is 11.8 Å². The molecule has 0 saturated heterocycles. The van der Waals surface area contributed by atoms with Crippen LogP contribution in [0.4, 0.5) is 21.5 Å². The number of nitrogens with zero attached hydrogens (tertiary/aromatic N) is 5. The zero-order chi connectivity index (χ0) is 27.8. The van der Waals surface area contributed by atoms with Gasteiger partial charge in [0.25, 0.3) is 0 Å². The zero-order valence-electron chi connectivity index (χ0n) is 21.8. The third-order valence-corrected chi connectivity index (χ3v) is 7.79. The number of anilines is 3. The molecule has 202 valence electrons. The molecule has 0 unspecified atom stereocenters. The summed E-state index contributed by atoms with van der Waals surface area (Å²) in [6.07, 6.45) is 4.88. The molecule has 11 heteroatoms. The molecule has 0 spiro atoms. The van der Waals surface area contributed by atoms with Gasteiger partial charge in [0.15, 0.2) is 11.6 Å². The first kappa shape index (κ1) is 25.5. The summed E-state index contributed by atoms with van der Waals surface area (Å²) in [5.74, 6) is -1.02. The van der Waals surface area contributed by atoms with E-state index in [0.717, 1.165) is 32.2 Å². The summed E-state index contributed by atoms with van der Waals surface area (Å²) in [6.45, 7) is 1.15. The van der Waals surface area contributed by atoms with E-state index < -0.39 is 11.7 Å². The number of nitrogens with one attached hydrogen (secondary N) is 1. The summed E-state index contributed by atoms with van der Waals surface area (Å²) in [5, 5.41) is 2.62. The number of carbonyl (C=O) groups excluding carboxylic acids is 2. The predicted molar refractivity (Wildman–Crippen MR) is 154 cm³/mol. The Morgan fingerprint density at radius 1 is 1.02 bits per heavy atom. The number of para-hydroxylation sites is 2. The Hall–Kier alpha value is -4.77. The first-order chi connectivity index (χ1) is 19.4. The summed E-state index contributed by atoms with van der Waals surface area (Å²) >= 11 is 1.46. The number of ether oxygens (including phenoxy) is 1. The van der Waals surface area contributed by atoms with E-state index in [2.05, 4.69) is 20.2 Å². The van der Waals surface area contributed by atoms with Crippen LogP contribution in [0.5, 0.6) is 11.5 Å². The lowest BCUT2D eigenvalue weighted by Gasteiger charge is -2.35. The highest BCUT2D eigenvalue weighted by molar-refractivity contribution is 7.22. The monoisotopic (exact) mass is 556 g/mol. The SMILES string of the molecule is CN1CCN(C(=O)CC(=O)Nc2ccc(Oc3ccnc4cc(-c5cn(C)cn5)sc34)c(F)c2)c2ccccc21. The van der Waals surface area contributed by atoms with Crippen molar-refractivity contribution in [1.82, 2.24) is 14.5 Å². The largest absolute Gasteiger partial charge is 0.453 e. The van der Waals surface area contributed by atoms with Crippen molar-refractivity contribution in [3.8, 4) is 22.1 Å². The minimum Gasteiger partial charge on any atom is -0.453 e.